The van der Waals surface area contributed by atoms with Gasteiger partial charge in [-0.05, 0) is 19.1 Å². The van der Waals surface area contributed by atoms with Gasteiger partial charge in [0.1, 0.15) is 5.82 Å². The minimum atomic E-state index is -0.186. The van der Waals surface area contributed by atoms with Gasteiger partial charge < -0.3 is 4.90 Å². The lowest BCUT2D eigenvalue weighted by molar-refractivity contribution is 0.620. The highest BCUT2D eigenvalue weighted by Gasteiger charge is 2.07. The standard InChI is InChI=1S/C10H13ClFN/c1-2-13(8-7-11)10-6-4-3-5-9(10)12/h3-6H,2,7-8H2,1H3. The Kier molecular flexibility index (Phi) is 4.03. The maximum Gasteiger partial charge on any atom is 0.146 e. The summed E-state index contributed by atoms with van der Waals surface area (Å²) in [5, 5.41) is 0. The van der Waals surface area contributed by atoms with Gasteiger partial charge in [0.15, 0.2) is 0 Å². The topological polar surface area (TPSA) is 3.24 Å². The number of anilines is 1. The van der Waals surface area contributed by atoms with E-state index in [2.05, 4.69) is 0 Å². The van der Waals surface area contributed by atoms with Crippen molar-refractivity contribution in [2.75, 3.05) is 23.9 Å². The molecule has 13 heavy (non-hydrogen) atoms. The van der Waals surface area contributed by atoms with Crippen molar-refractivity contribution in [2.45, 2.75) is 6.92 Å². The zero-order chi connectivity index (χ0) is 9.68. The summed E-state index contributed by atoms with van der Waals surface area (Å²) in [6, 6.07) is 6.75. The highest BCUT2D eigenvalue weighted by atomic mass is 35.5. The van der Waals surface area contributed by atoms with Gasteiger partial charge in [0.05, 0.1) is 5.69 Å². The van der Waals surface area contributed by atoms with Crippen molar-refractivity contribution in [2.24, 2.45) is 0 Å². The van der Waals surface area contributed by atoms with E-state index in [4.69, 9.17) is 11.6 Å². The van der Waals surface area contributed by atoms with Crippen molar-refractivity contribution < 1.29 is 4.39 Å². The third-order valence-electron chi connectivity index (χ3n) is 1.93. The van der Waals surface area contributed by atoms with E-state index >= 15 is 0 Å². The summed E-state index contributed by atoms with van der Waals surface area (Å²) in [6.07, 6.45) is 0. The quantitative estimate of drug-likeness (QED) is 0.678. The van der Waals surface area contributed by atoms with E-state index in [0.717, 1.165) is 6.54 Å². The molecule has 72 valence electrons. The molecule has 0 unspecified atom stereocenters. The Balaban J connectivity index is 2.84. The van der Waals surface area contributed by atoms with Crippen molar-refractivity contribution >= 4 is 17.3 Å². The summed E-state index contributed by atoms with van der Waals surface area (Å²) in [4.78, 5) is 1.92. The molecule has 0 N–H and O–H groups in total. The van der Waals surface area contributed by atoms with E-state index in [1.54, 1.807) is 12.1 Å². The Morgan fingerprint density at radius 3 is 2.62 bits per heavy atom. The molecule has 1 nitrogen and oxygen atoms in total. The minimum absolute atomic E-state index is 0.186. The molecule has 0 bridgehead atoms. The molecule has 0 aliphatic heterocycles. The molecule has 0 heterocycles. The van der Waals surface area contributed by atoms with Crippen LogP contribution in [0.15, 0.2) is 24.3 Å². The lowest BCUT2D eigenvalue weighted by Gasteiger charge is -2.22. The Hall–Kier alpha value is -0.760. The van der Waals surface area contributed by atoms with Crippen LogP contribution < -0.4 is 4.90 Å². The lowest BCUT2D eigenvalue weighted by Crippen LogP contribution is -2.25. The predicted octanol–water partition coefficient (Wildman–Crippen LogP) is 2.89. The first kappa shape index (κ1) is 10.3. The van der Waals surface area contributed by atoms with Crippen molar-refractivity contribution in [3.05, 3.63) is 30.1 Å². The molecule has 0 aliphatic rings. The fourth-order valence-corrected chi connectivity index (χ4v) is 1.46. The molecule has 0 saturated carbocycles. The number of hydrogen-bond donors (Lipinski definition) is 0. The van der Waals surface area contributed by atoms with Gasteiger partial charge in [0, 0.05) is 19.0 Å². The maximum absolute atomic E-state index is 13.3. The number of para-hydroxylation sites is 1. The minimum Gasteiger partial charge on any atom is -0.368 e. The molecule has 0 aromatic heterocycles. The normalized spacial score (nSPS) is 10.1. The Morgan fingerprint density at radius 2 is 2.08 bits per heavy atom. The van der Waals surface area contributed by atoms with Crippen LogP contribution >= 0.6 is 11.6 Å². The molecule has 0 atom stereocenters. The van der Waals surface area contributed by atoms with E-state index in [1.807, 2.05) is 17.9 Å². The van der Waals surface area contributed by atoms with Gasteiger partial charge in [-0.15, -0.1) is 11.6 Å². The number of nitrogens with zero attached hydrogens (tertiary/aromatic N) is 1. The van der Waals surface area contributed by atoms with E-state index in [0.29, 0.717) is 18.1 Å². The second-order valence-corrected chi connectivity index (χ2v) is 3.10. The first-order valence-corrected chi connectivity index (χ1v) is 4.88. The molecule has 0 spiro atoms. The van der Waals surface area contributed by atoms with Crippen LogP contribution in [0.5, 0.6) is 0 Å². The number of hydrogen-bond acceptors (Lipinski definition) is 1. The van der Waals surface area contributed by atoms with E-state index in [9.17, 15) is 4.39 Å². The Labute approximate surface area is 83.1 Å². The van der Waals surface area contributed by atoms with Gasteiger partial charge in [-0.2, -0.15) is 0 Å². The smallest absolute Gasteiger partial charge is 0.146 e. The summed E-state index contributed by atoms with van der Waals surface area (Å²) in [5.74, 6) is 0.330. The van der Waals surface area contributed by atoms with Crippen molar-refractivity contribution in [3.63, 3.8) is 0 Å². The molecule has 0 amide bonds. The molecular weight excluding hydrogens is 189 g/mol. The maximum atomic E-state index is 13.3. The summed E-state index contributed by atoms with van der Waals surface area (Å²) < 4.78 is 13.3. The second-order valence-electron chi connectivity index (χ2n) is 2.72. The highest BCUT2D eigenvalue weighted by molar-refractivity contribution is 6.18. The van der Waals surface area contributed by atoms with Gasteiger partial charge >= 0.3 is 0 Å². The molecule has 0 saturated heterocycles. The largest absolute Gasteiger partial charge is 0.368 e. The van der Waals surface area contributed by atoms with Crippen LogP contribution in [0.4, 0.5) is 10.1 Å². The summed E-state index contributed by atoms with van der Waals surface area (Å²) >= 11 is 5.61. The van der Waals surface area contributed by atoms with E-state index < -0.39 is 0 Å². The molecular formula is C10H13ClFN. The number of halogens is 2. The molecule has 0 radical (unpaired) electrons. The molecule has 0 fully saturated rings. The summed E-state index contributed by atoms with van der Waals surface area (Å²) in [5.41, 5.74) is 0.630. The van der Waals surface area contributed by atoms with E-state index in [-0.39, 0.29) is 5.82 Å². The van der Waals surface area contributed by atoms with Crippen molar-refractivity contribution in [3.8, 4) is 0 Å². The predicted molar refractivity (Wildman–Crippen MR) is 55.0 cm³/mol. The fourth-order valence-electron chi connectivity index (χ4n) is 1.26. The van der Waals surface area contributed by atoms with Crippen LogP contribution in [0.1, 0.15) is 6.92 Å². The van der Waals surface area contributed by atoms with Crippen LogP contribution in [0.3, 0.4) is 0 Å². The third-order valence-corrected chi connectivity index (χ3v) is 2.10. The van der Waals surface area contributed by atoms with Crippen LogP contribution in [0, 0.1) is 5.82 Å². The first-order valence-electron chi connectivity index (χ1n) is 4.35. The van der Waals surface area contributed by atoms with Crippen LogP contribution in [-0.4, -0.2) is 19.0 Å². The summed E-state index contributed by atoms with van der Waals surface area (Å²) in [6.45, 7) is 3.44. The number of benzene rings is 1. The van der Waals surface area contributed by atoms with Gasteiger partial charge in [0.2, 0.25) is 0 Å². The lowest BCUT2D eigenvalue weighted by atomic mass is 10.2. The fraction of sp³-hybridized carbons (Fsp3) is 0.400. The average Bonchev–Trinajstić information content (AvgIpc) is 2.16. The van der Waals surface area contributed by atoms with Gasteiger partial charge in [-0.25, -0.2) is 4.39 Å². The zero-order valence-corrected chi connectivity index (χ0v) is 8.39. The van der Waals surface area contributed by atoms with Crippen molar-refractivity contribution in [1.29, 1.82) is 0 Å². The zero-order valence-electron chi connectivity index (χ0n) is 7.63. The Bertz CT molecular complexity index is 265. The second kappa shape index (κ2) is 5.07. The van der Waals surface area contributed by atoms with Crippen molar-refractivity contribution in [1.82, 2.24) is 0 Å². The monoisotopic (exact) mass is 201 g/mol. The van der Waals surface area contributed by atoms with Gasteiger partial charge in [-0.3, -0.25) is 0 Å². The van der Waals surface area contributed by atoms with Crippen LogP contribution in [-0.2, 0) is 0 Å². The number of rotatable bonds is 4. The Morgan fingerprint density at radius 1 is 1.38 bits per heavy atom. The SMILES string of the molecule is CCN(CCCl)c1ccccc1F. The molecule has 0 aliphatic carbocycles. The first-order chi connectivity index (χ1) is 6.29. The van der Waals surface area contributed by atoms with E-state index in [1.165, 1.54) is 6.07 Å². The molecule has 1 aromatic carbocycles. The molecule has 1 aromatic rings. The highest BCUT2D eigenvalue weighted by Crippen LogP contribution is 2.17. The average molecular weight is 202 g/mol. The van der Waals surface area contributed by atoms with Crippen LogP contribution in [0.25, 0.3) is 0 Å². The molecule has 1 rings (SSSR count). The molecule has 3 heteroatoms. The van der Waals surface area contributed by atoms with Gasteiger partial charge in [-0.1, -0.05) is 12.1 Å². The van der Waals surface area contributed by atoms with Crippen LogP contribution in [0.2, 0.25) is 0 Å². The number of alkyl halides is 1. The van der Waals surface area contributed by atoms with Gasteiger partial charge in [0.25, 0.3) is 0 Å². The third kappa shape index (κ3) is 2.59. The summed E-state index contributed by atoms with van der Waals surface area (Å²) in [7, 11) is 0.